The zero-order valence-corrected chi connectivity index (χ0v) is 8.94. The Morgan fingerprint density at radius 2 is 1.00 bits per heavy atom. The summed E-state index contributed by atoms with van der Waals surface area (Å²) in [6.45, 7) is 1.94. The molecule has 0 spiro atoms. The first-order valence-corrected chi connectivity index (χ1v) is 3.91. The number of carbonyl (C=O) groups is 2. The van der Waals surface area contributed by atoms with Crippen LogP contribution in [0.25, 0.3) is 0 Å². The van der Waals surface area contributed by atoms with Gasteiger partial charge in [0.25, 0.3) is 0 Å². The van der Waals surface area contributed by atoms with Crippen LogP contribution in [0.2, 0.25) is 0 Å². The molecular formula is C4H8CoO8S. The SMILES string of the molecule is CC(=O)[O-].CC(=O)[O-].O=S(=O)(O)O.[Co+2]. The van der Waals surface area contributed by atoms with E-state index < -0.39 is 22.3 Å². The second-order valence-corrected chi connectivity index (χ2v) is 2.33. The molecule has 0 aliphatic carbocycles. The van der Waals surface area contributed by atoms with Crippen molar-refractivity contribution in [3.63, 3.8) is 0 Å². The predicted molar refractivity (Wildman–Crippen MR) is 35.5 cm³/mol. The molecule has 14 heavy (non-hydrogen) atoms. The van der Waals surface area contributed by atoms with Crippen molar-refractivity contribution in [2.45, 2.75) is 13.8 Å². The van der Waals surface area contributed by atoms with E-state index in [0.29, 0.717) is 0 Å². The summed E-state index contributed by atoms with van der Waals surface area (Å²) in [4.78, 5) is 17.8. The van der Waals surface area contributed by atoms with Crippen LogP contribution < -0.4 is 10.2 Å². The summed E-state index contributed by atoms with van der Waals surface area (Å²) in [6, 6.07) is 0. The molecule has 0 aromatic rings. The number of carboxylic acids is 2. The maximum atomic E-state index is 8.89. The standard InChI is InChI=1S/2C2H4O2.Co.H2O4S/c2*1-2(3)4;;1-5(2,3)4/h2*1H3,(H,3,4);;(H2,1,2,3,4)/q;;+2;/p-2. The van der Waals surface area contributed by atoms with Crippen LogP contribution in [0.3, 0.4) is 0 Å². The number of hydrogen-bond donors (Lipinski definition) is 2. The Morgan fingerprint density at radius 3 is 1.00 bits per heavy atom. The number of rotatable bonds is 0. The molecule has 0 rings (SSSR count). The molecule has 0 fully saturated rings. The summed E-state index contributed by atoms with van der Waals surface area (Å²) in [5.41, 5.74) is 0. The molecule has 0 saturated heterocycles. The number of hydrogen-bond acceptors (Lipinski definition) is 6. The topological polar surface area (TPSA) is 155 Å². The van der Waals surface area contributed by atoms with Gasteiger partial charge in [0.15, 0.2) is 0 Å². The minimum atomic E-state index is -4.67. The van der Waals surface area contributed by atoms with Crippen molar-refractivity contribution in [3.05, 3.63) is 0 Å². The Morgan fingerprint density at radius 1 is 1.00 bits per heavy atom. The Bertz CT molecular complexity index is 216. The van der Waals surface area contributed by atoms with Crippen LogP contribution in [0.15, 0.2) is 0 Å². The number of carbonyl (C=O) groups excluding carboxylic acids is 2. The van der Waals surface area contributed by atoms with Gasteiger partial charge < -0.3 is 19.8 Å². The van der Waals surface area contributed by atoms with Crippen molar-refractivity contribution in [2.75, 3.05) is 0 Å². The van der Waals surface area contributed by atoms with Gasteiger partial charge >= 0.3 is 27.2 Å². The molecule has 0 unspecified atom stereocenters. The third-order valence-corrected chi connectivity index (χ3v) is 0. The van der Waals surface area contributed by atoms with Crippen LogP contribution in [0, 0.1) is 0 Å². The van der Waals surface area contributed by atoms with Crippen LogP contribution >= 0.6 is 0 Å². The monoisotopic (exact) mass is 275 g/mol. The molecule has 0 atom stereocenters. The molecular weight excluding hydrogens is 267 g/mol. The molecule has 0 aliphatic rings. The molecule has 0 amide bonds. The Kier molecular flexibility index (Phi) is 20.5. The summed E-state index contributed by atoms with van der Waals surface area (Å²) in [5.74, 6) is -2.17. The maximum Gasteiger partial charge on any atom is 2.00 e. The average Bonchev–Trinajstić information content (AvgIpc) is 1.50. The smallest absolute Gasteiger partial charge is 0.550 e. The van der Waals surface area contributed by atoms with Gasteiger partial charge in [-0.1, -0.05) is 0 Å². The quantitative estimate of drug-likeness (QED) is 0.439. The van der Waals surface area contributed by atoms with E-state index in [1.54, 1.807) is 0 Å². The first-order valence-electron chi connectivity index (χ1n) is 2.51. The van der Waals surface area contributed by atoms with E-state index in [-0.39, 0.29) is 16.8 Å². The summed E-state index contributed by atoms with van der Waals surface area (Å²) >= 11 is 0. The van der Waals surface area contributed by atoms with Crippen molar-refractivity contribution in [1.82, 2.24) is 0 Å². The van der Waals surface area contributed by atoms with E-state index in [1.807, 2.05) is 0 Å². The number of aliphatic carboxylic acids is 2. The summed E-state index contributed by atoms with van der Waals surface area (Å²) in [5, 5.41) is 17.8. The van der Waals surface area contributed by atoms with Crippen LogP contribution in [0.1, 0.15) is 13.8 Å². The molecule has 0 heterocycles. The van der Waals surface area contributed by atoms with Gasteiger partial charge in [-0.15, -0.1) is 0 Å². The zero-order chi connectivity index (χ0) is 11.7. The molecule has 8 nitrogen and oxygen atoms in total. The minimum Gasteiger partial charge on any atom is -0.550 e. The van der Waals surface area contributed by atoms with Gasteiger partial charge in [0.2, 0.25) is 0 Å². The molecule has 0 saturated carbocycles. The van der Waals surface area contributed by atoms with E-state index in [4.69, 9.17) is 37.3 Å². The zero-order valence-electron chi connectivity index (χ0n) is 7.09. The molecule has 0 aromatic carbocycles. The molecule has 1 radical (unpaired) electrons. The Hall–Kier alpha value is -0.684. The maximum absolute atomic E-state index is 8.89. The molecule has 0 bridgehead atoms. The third kappa shape index (κ3) is 2580. The fraction of sp³-hybridized carbons (Fsp3) is 0.500. The van der Waals surface area contributed by atoms with Gasteiger partial charge in [0.05, 0.1) is 0 Å². The second-order valence-electron chi connectivity index (χ2n) is 1.43. The largest absolute Gasteiger partial charge is 2.00 e. The fourth-order valence-electron chi connectivity index (χ4n) is 0. The van der Waals surface area contributed by atoms with Gasteiger partial charge in [0, 0.05) is 11.9 Å². The normalized spacial score (nSPS) is 7.71. The van der Waals surface area contributed by atoms with E-state index in [0.717, 1.165) is 13.8 Å². The average molecular weight is 275 g/mol. The minimum absolute atomic E-state index is 0. The van der Waals surface area contributed by atoms with Gasteiger partial charge in [0.1, 0.15) is 0 Å². The summed E-state index contributed by atoms with van der Waals surface area (Å²) < 4.78 is 31.6. The van der Waals surface area contributed by atoms with Crippen LogP contribution in [0.5, 0.6) is 0 Å². The van der Waals surface area contributed by atoms with Crippen molar-refractivity contribution >= 4 is 22.3 Å². The van der Waals surface area contributed by atoms with Gasteiger partial charge in [-0.3, -0.25) is 9.11 Å². The third-order valence-electron chi connectivity index (χ3n) is 0. The molecule has 0 aromatic heterocycles. The van der Waals surface area contributed by atoms with Crippen molar-refractivity contribution in [2.24, 2.45) is 0 Å². The fourth-order valence-corrected chi connectivity index (χ4v) is 0. The first-order chi connectivity index (χ1) is 5.46. The Labute approximate surface area is 90.7 Å². The van der Waals surface area contributed by atoms with Gasteiger partial charge in [-0.2, -0.15) is 8.42 Å². The summed E-state index contributed by atoms with van der Waals surface area (Å²) in [6.07, 6.45) is 0. The second kappa shape index (κ2) is 12.3. The van der Waals surface area contributed by atoms with E-state index in [9.17, 15) is 0 Å². The predicted octanol–water partition coefficient (Wildman–Crippen LogP) is -3.14. The van der Waals surface area contributed by atoms with Crippen molar-refractivity contribution in [1.29, 1.82) is 0 Å². The van der Waals surface area contributed by atoms with Crippen LogP contribution in [-0.4, -0.2) is 29.5 Å². The van der Waals surface area contributed by atoms with E-state index >= 15 is 0 Å². The molecule has 87 valence electrons. The molecule has 10 heteroatoms. The van der Waals surface area contributed by atoms with Crippen molar-refractivity contribution < 1.29 is 54.1 Å². The van der Waals surface area contributed by atoms with Gasteiger partial charge in [-0.05, 0) is 13.8 Å². The summed E-state index contributed by atoms with van der Waals surface area (Å²) in [7, 11) is -4.67. The molecule has 2 N–H and O–H groups in total. The van der Waals surface area contributed by atoms with Crippen LogP contribution in [-0.2, 0) is 36.8 Å². The molecule has 0 aliphatic heterocycles. The Balaban J connectivity index is -0.0000000522. The van der Waals surface area contributed by atoms with Crippen LogP contribution in [0.4, 0.5) is 0 Å². The number of carboxylic acid groups (broad SMARTS) is 2. The van der Waals surface area contributed by atoms with E-state index in [2.05, 4.69) is 0 Å². The van der Waals surface area contributed by atoms with Gasteiger partial charge in [-0.25, -0.2) is 0 Å². The van der Waals surface area contributed by atoms with Crippen molar-refractivity contribution in [3.8, 4) is 0 Å². The first kappa shape index (κ1) is 23.3. The van der Waals surface area contributed by atoms with E-state index in [1.165, 1.54) is 0 Å².